The van der Waals surface area contributed by atoms with Gasteiger partial charge in [0, 0.05) is 41.1 Å². The minimum atomic E-state index is -2.89. The fourth-order valence-electron chi connectivity index (χ4n) is 4.13. The third kappa shape index (κ3) is 4.99. The quantitative estimate of drug-likeness (QED) is 0.325. The molecular formula is C19H27ClF2IN3O2. The Labute approximate surface area is 186 Å². The molecule has 0 spiro atoms. The van der Waals surface area contributed by atoms with Crippen molar-refractivity contribution in [3.05, 3.63) is 28.8 Å². The van der Waals surface area contributed by atoms with Crippen LogP contribution >= 0.6 is 35.6 Å². The molecule has 2 N–H and O–H groups in total. The van der Waals surface area contributed by atoms with Crippen molar-refractivity contribution in [3.8, 4) is 5.75 Å². The maximum absolute atomic E-state index is 12.6. The summed E-state index contributed by atoms with van der Waals surface area (Å²) < 4.78 is 35.7. The summed E-state index contributed by atoms with van der Waals surface area (Å²) in [4.78, 5) is 4.56. The summed E-state index contributed by atoms with van der Waals surface area (Å²) in [6, 6.07) is 4.81. The molecule has 3 rings (SSSR count). The average Bonchev–Trinajstić information content (AvgIpc) is 3.06. The zero-order chi connectivity index (χ0) is 19.6. The summed E-state index contributed by atoms with van der Waals surface area (Å²) in [5.41, 5.74) is 0.520. The lowest BCUT2D eigenvalue weighted by atomic mass is 9.57. The van der Waals surface area contributed by atoms with E-state index in [1.165, 1.54) is 12.1 Å². The Bertz CT molecular complexity index is 706. The van der Waals surface area contributed by atoms with Crippen LogP contribution in [0.15, 0.2) is 23.2 Å². The normalized spacial score (nSPS) is 25.5. The number of nitrogens with one attached hydrogen (secondary N) is 2. The number of guanidine groups is 1. The second-order valence-corrected chi connectivity index (χ2v) is 7.95. The molecule has 3 atom stereocenters. The van der Waals surface area contributed by atoms with E-state index in [9.17, 15) is 8.78 Å². The number of nitrogens with zero attached hydrogens (tertiary/aromatic N) is 1. The number of rotatable bonds is 6. The summed E-state index contributed by atoms with van der Waals surface area (Å²) >= 11 is 6.01. The fourth-order valence-corrected chi connectivity index (χ4v) is 4.33. The van der Waals surface area contributed by atoms with E-state index in [1.54, 1.807) is 6.07 Å². The van der Waals surface area contributed by atoms with Crippen LogP contribution in [-0.4, -0.2) is 37.9 Å². The van der Waals surface area contributed by atoms with Crippen molar-refractivity contribution in [1.29, 1.82) is 0 Å². The first-order chi connectivity index (χ1) is 12.8. The van der Waals surface area contributed by atoms with E-state index in [1.807, 2.05) is 6.92 Å². The highest BCUT2D eigenvalue weighted by Crippen LogP contribution is 2.52. The lowest BCUT2D eigenvalue weighted by molar-refractivity contribution is -0.106. The lowest BCUT2D eigenvalue weighted by Gasteiger charge is -2.54. The van der Waals surface area contributed by atoms with Crippen LogP contribution in [0.5, 0.6) is 5.75 Å². The van der Waals surface area contributed by atoms with E-state index < -0.39 is 6.61 Å². The standard InChI is InChI=1S/C19H26ClF2N3O2.HI/c1-4-23-18(25-15-13-7-8-26-16(13)19(15,2)3)24-10-11-9-12(20)5-6-14(11)27-17(21)22;/h5-6,9,13,15-17H,4,7-8,10H2,1-3H3,(H2,23,24,25);1H. The summed E-state index contributed by atoms with van der Waals surface area (Å²) in [5, 5.41) is 7.17. The highest BCUT2D eigenvalue weighted by molar-refractivity contribution is 14.0. The first kappa shape index (κ1) is 23.4. The van der Waals surface area contributed by atoms with Gasteiger partial charge in [-0.3, -0.25) is 0 Å². The van der Waals surface area contributed by atoms with Crippen molar-refractivity contribution in [2.45, 2.75) is 52.5 Å². The van der Waals surface area contributed by atoms with Crippen LogP contribution in [0.2, 0.25) is 5.02 Å². The molecule has 1 aromatic rings. The van der Waals surface area contributed by atoms with Crippen LogP contribution in [0.4, 0.5) is 8.78 Å². The van der Waals surface area contributed by atoms with Gasteiger partial charge in [-0.1, -0.05) is 25.4 Å². The smallest absolute Gasteiger partial charge is 0.387 e. The number of benzene rings is 1. The van der Waals surface area contributed by atoms with Gasteiger partial charge in [0.25, 0.3) is 0 Å². The van der Waals surface area contributed by atoms with E-state index in [0.717, 1.165) is 13.0 Å². The van der Waals surface area contributed by atoms with Crippen LogP contribution in [-0.2, 0) is 11.3 Å². The first-order valence-electron chi connectivity index (χ1n) is 9.22. The lowest BCUT2D eigenvalue weighted by Crippen LogP contribution is -2.67. The molecule has 1 aliphatic carbocycles. The molecule has 158 valence electrons. The fraction of sp³-hybridized carbons (Fsp3) is 0.632. The molecule has 3 unspecified atom stereocenters. The molecule has 2 fully saturated rings. The van der Waals surface area contributed by atoms with Gasteiger partial charge in [-0.25, -0.2) is 4.99 Å². The van der Waals surface area contributed by atoms with Crippen LogP contribution < -0.4 is 15.4 Å². The van der Waals surface area contributed by atoms with Gasteiger partial charge in [-0.15, -0.1) is 24.0 Å². The average molecular weight is 530 g/mol. The van der Waals surface area contributed by atoms with Crippen LogP contribution in [0.25, 0.3) is 0 Å². The van der Waals surface area contributed by atoms with Crippen molar-refractivity contribution in [1.82, 2.24) is 10.6 Å². The molecule has 0 radical (unpaired) electrons. The zero-order valence-electron chi connectivity index (χ0n) is 16.2. The van der Waals surface area contributed by atoms with Crippen molar-refractivity contribution >= 4 is 41.5 Å². The maximum atomic E-state index is 12.6. The number of ether oxygens (including phenoxy) is 2. The molecule has 1 aromatic carbocycles. The van der Waals surface area contributed by atoms with Gasteiger partial charge >= 0.3 is 6.61 Å². The molecule has 0 bridgehead atoms. The summed E-state index contributed by atoms with van der Waals surface area (Å²) in [5.74, 6) is 1.19. The first-order valence-corrected chi connectivity index (χ1v) is 9.60. The van der Waals surface area contributed by atoms with E-state index >= 15 is 0 Å². The van der Waals surface area contributed by atoms with E-state index in [4.69, 9.17) is 16.3 Å². The molecule has 28 heavy (non-hydrogen) atoms. The van der Waals surface area contributed by atoms with Crippen molar-refractivity contribution < 1.29 is 18.3 Å². The molecule has 0 amide bonds. The third-order valence-corrected chi connectivity index (χ3v) is 5.62. The van der Waals surface area contributed by atoms with Crippen molar-refractivity contribution in [3.63, 3.8) is 0 Å². The molecule has 2 aliphatic rings. The predicted octanol–water partition coefficient (Wildman–Crippen LogP) is 4.43. The van der Waals surface area contributed by atoms with Crippen molar-refractivity contribution in [2.75, 3.05) is 13.2 Å². The number of halogens is 4. The largest absolute Gasteiger partial charge is 0.434 e. The highest BCUT2D eigenvalue weighted by atomic mass is 127. The second kappa shape index (κ2) is 9.75. The number of hydrogen-bond acceptors (Lipinski definition) is 3. The van der Waals surface area contributed by atoms with Crippen LogP contribution in [0, 0.1) is 11.3 Å². The zero-order valence-corrected chi connectivity index (χ0v) is 19.3. The predicted molar refractivity (Wildman–Crippen MR) is 117 cm³/mol. The van der Waals surface area contributed by atoms with Gasteiger partial charge in [0.1, 0.15) is 5.75 Å². The van der Waals surface area contributed by atoms with Gasteiger partial charge in [-0.2, -0.15) is 8.78 Å². The Hall–Kier alpha value is -0.870. The Balaban J connectivity index is 0.00000280. The van der Waals surface area contributed by atoms with Gasteiger partial charge < -0.3 is 20.1 Å². The van der Waals surface area contributed by atoms with E-state index in [2.05, 4.69) is 34.2 Å². The molecule has 1 saturated carbocycles. The summed E-state index contributed by atoms with van der Waals surface area (Å²) in [6.45, 7) is 5.13. The number of fused-ring (bicyclic) bond motifs is 1. The highest BCUT2D eigenvalue weighted by Gasteiger charge is 2.59. The number of aliphatic imine (C=N–C) groups is 1. The molecular weight excluding hydrogens is 503 g/mol. The van der Waals surface area contributed by atoms with Crippen LogP contribution in [0.3, 0.4) is 0 Å². The molecule has 1 heterocycles. The van der Waals surface area contributed by atoms with Crippen molar-refractivity contribution in [2.24, 2.45) is 16.3 Å². The maximum Gasteiger partial charge on any atom is 0.387 e. The van der Waals surface area contributed by atoms with E-state index in [-0.39, 0.29) is 53.8 Å². The van der Waals surface area contributed by atoms with Gasteiger partial charge in [0.2, 0.25) is 0 Å². The Morgan fingerprint density at radius 1 is 1.43 bits per heavy atom. The topological polar surface area (TPSA) is 54.9 Å². The Morgan fingerprint density at radius 2 is 2.18 bits per heavy atom. The molecule has 0 aromatic heterocycles. The Kier molecular flexibility index (Phi) is 8.16. The van der Waals surface area contributed by atoms with Gasteiger partial charge in [0.05, 0.1) is 12.6 Å². The van der Waals surface area contributed by atoms with Gasteiger partial charge in [-0.05, 0) is 31.5 Å². The molecule has 9 heteroatoms. The molecule has 5 nitrogen and oxygen atoms in total. The molecule has 1 saturated heterocycles. The third-order valence-electron chi connectivity index (χ3n) is 5.38. The van der Waals surface area contributed by atoms with E-state index in [0.29, 0.717) is 29.0 Å². The monoisotopic (exact) mass is 529 g/mol. The Morgan fingerprint density at radius 3 is 2.86 bits per heavy atom. The summed E-state index contributed by atoms with van der Waals surface area (Å²) in [7, 11) is 0. The van der Waals surface area contributed by atoms with Crippen LogP contribution in [0.1, 0.15) is 32.8 Å². The number of hydrogen-bond donors (Lipinski definition) is 2. The van der Waals surface area contributed by atoms with Gasteiger partial charge in [0.15, 0.2) is 5.96 Å². The minimum Gasteiger partial charge on any atom is -0.434 e. The second-order valence-electron chi connectivity index (χ2n) is 7.51. The SMILES string of the molecule is CCNC(=NCc1cc(Cl)ccc1OC(F)F)NC1C2CCOC2C1(C)C.I. The molecule has 1 aliphatic heterocycles. The summed E-state index contributed by atoms with van der Waals surface area (Å²) in [6.07, 6.45) is 1.31. The number of alkyl halides is 2. The minimum absolute atomic E-state index is 0.